The van der Waals surface area contributed by atoms with E-state index >= 15 is 0 Å². The van der Waals surface area contributed by atoms with Crippen LogP contribution in [0.1, 0.15) is 13.3 Å². The van der Waals surface area contributed by atoms with Gasteiger partial charge in [0.25, 0.3) is 0 Å². The van der Waals surface area contributed by atoms with Gasteiger partial charge in [-0.3, -0.25) is 9.59 Å². The van der Waals surface area contributed by atoms with E-state index in [0.717, 1.165) is 0 Å². The van der Waals surface area contributed by atoms with E-state index < -0.39 is 17.8 Å². The first-order valence-electron chi connectivity index (χ1n) is 6.40. The quantitative estimate of drug-likeness (QED) is 0.827. The van der Waals surface area contributed by atoms with Crippen molar-refractivity contribution in [2.24, 2.45) is 11.8 Å². The van der Waals surface area contributed by atoms with Crippen molar-refractivity contribution < 1.29 is 23.8 Å². The molecule has 1 aromatic carbocycles. The van der Waals surface area contributed by atoms with E-state index in [-0.39, 0.29) is 24.4 Å². The lowest BCUT2D eigenvalue weighted by Crippen LogP contribution is -2.35. The van der Waals surface area contributed by atoms with E-state index in [4.69, 9.17) is 9.84 Å². The second kappa shape index (κ2) is 5.90. The Morgan fingerprint density at radius 2 is 2.05 bits per heavy atom. The number of aliphatic carboxylic acids is 1. The fraction of sp³-hybridized carbons (Fsp3) is 0.429. The van der Waals surface area contributed by atoms with E-state index in [0.29, 0.717) is 12.2 Å². The second-order valence-electron chi connectivity index (χ2n) is 4.91. The average molecular weight is 281 g/mol. The molecule has 1 aliphatic rings. The first kappa shape index (κ1) is 14.3. The molecule has 1 amide bonds. The molecular weight excluding hydrogens is 265 g/mol. The number of carboxylic acids is 1. The van der Waals surface area contributed by atoms with Crippen molar-refractivity contribution in [1.82, 2.24) is 5.32 Å². The third-order valence-corrected chi connectivity index (χ3v) is 3.16. The Hall–Kier alpha value is -2.11. The van der Waals surface area contributed by atoms with Gasteiger partial charge in [0.05, 0.1) is 18.4 Å². The molecule has 1 aromatic rings. The van der Waals surface area contributed by atoms with Gasteiger partial charge < -0.3 is 15.2 Å². The van der Waals surface area contributed by atoms with Gasteiger partial charge in [-0.25, -0.2) is 4.39 Å². The smallest absolute Gasteiger partial charge is 0.307 e. The maximum absolute atomic E-state index is 12.7. The second-order valence-corrected chi connectivity index (χ2v) is 4.91. The zero-order chi connectivity index (χ0) is 14.7. The van der Waals surface area contributed by atoms with Gasteiger partial charge in [0, 0.05) is 0 Å². The number of halogens is 1. The van der Waals surface area contributed by atoms with Gasteiger partial charge in [0.1, 0.15) is 17.7 Å². The van der Waals surface area contributed by atoms with Crippen molar-refractivity contribution in [3.63, 3.8) is 0 Å². The molecule has 6 heteroatoms. The van der Waals surface area contributed by atoms with Crippen LogP contribution in [0.3, 0.4) is 0 Å². The number of ether oxygens (including phenoxy) is 1. The predicted octanol–water partition coefficient (Wildman–Crippen LogP) is 1.43. The fourth-order valence-electron chi connectivity index (χ4n) is 1.92. The molecular formula is C14H16FNO4. The van der Waals surface area contributed by atoms with Crippen LogP contribution in [0.5, 0.6) is 5.75 Å². The number of carboxylic acid groups (broad SMARTS) is 1. The summed E-state index contributed by atoms with van der Waals surface area (Å²) in [7, 11) is 0. The molecule has 0 saturated heterocycles. The zero-order valence-electron chi connectivity index (χ0n) is 11.0. The Morgan fingerprint density at radius 1 is 1.40 bits per heavy atom. The van der Waals surface area contributed by atoms with Crippen LogP contribution in [0.25, 0.3) is 0 Å². The molecule has 1 saturated carbocycles. The SMILES string of the molecule is C[C@H](CNC(=O)[C@H]1C[C@@H]1C(=O)O)Oc1ccc(F)cc1. The molecule has 2 N–H and O–H groups in total. The van der Waals surface area contributed by atoms with Crippen LogP contribution in [-0.4, -0.2) is 29.6 Å². The lowest BCUT2D eigenvalue weighted by molar-refractivity contribution is -0.140. The minimum Gasteiger partial charge on any atom is -0.489 e. The summed E-state index contributed by atoms with van der Waals surface area (Å²) in [5.74, 6) is -1.99. The number of hydrogen-bond acceptors (Lipinski definition) is 3. The highest BCUT2D eigenvalue weighted by Crippen LogP contribution is 2.38. The maximum atomic E-state index is 12.7. The number of benzene rings is 1. The van der Waals surface area contributed by atoms with Gasteiger partial charge in [-0.15, -0.1) is 0 Å². The number of carbonyl (C=O) groups is 2. The Kier molecular flexibility index (Phi) is 4.22. The standard InChI is InChI=1S/C14H16FNO4/c1-8(20-10-4-2-9(15)3-5-10)7-16-13(17)11-6-12(11)14(18)19/h2-5,8,11-12H,6-7H2,1H3,(H,16,17)(H,18,19)/t8-,11+,12+/m1/s1. The highest BCUT2D eigenvalue weighted by molar-refractivity contribution is 5.89. The van der Waals surface area contributed by atoms with Gasteiger partial charge in [0.15, 0.2) is 0 Å². The molecule has 0 radical (unpaired) electrons. The molecule has 2 rings (SSSR count). The van der Waals surface area contributed by atoms with Gasteiger partial charge in [-0.1, -0.05) is 0 Å². The van der Waals surface area contributed by atoms with Crippen LogP contribution in [0.4, 0.5) is 4.39 Å². The van der Waals surface area contributed by atoms with Gasteiger partial charge in [-0.05, 0) is 37.6 Å². The molecule has 1 aliphatic carbocycles. The Labute approximate surface area is 115 Å². The minimum absolute atomic E-state index is 0.257. The fourth-order valence-corrected chi connectivity index (χ4v) is 1.92. The third-order valence-electron chi connectivity index (χ3n) is 3.16. The van der Waals surface area contributed by atoms with E-state index in [2.05, 4.69) is 5.32 Å². The van der Waals surface area contributed by atoms with Crippen molar-refractivity contribution in [2.75, 3.05) is 6.54 Å². The lowest BCUT2D eigenvalue weighted by Gasteiger charge is -2.15. The summed E-state index contributed by atoms with van der Waals surface area (Å²) in [6, 6.07) is 5.61. The number of nitrogens with one attached hydrogen (secondary N) is 1. The number of carbonyl (C=O) groups excluding carboxylic acids is 1. The summed E-state index contributed by atoms with van der Waals surface area (Å²) < 4.78 is 18.2. The molecule has 0 bridgehead atoms. The molecule has 0 unspecified atom stereocenters. The molecule has 20 heavy (non-hydrogen) atoms. The largest absolute Gasteiger partial charge is 0.489 e. The van der Waals surface area contributed by atoms with Crippen molar-refractivity contribution in [2.45, 2.75) is 19.4 Å². The molecule has 0 heterocycles. The molecule has 1 fully saturated rings. The Balaban J connectivity index is 1.73. The van der Waals surface area contributed by atoms with Crippen LogP contribution in [-0.2, 0) is 9.59 Å². The van der Waals surface area contributed by atoms with Gasteiger partial charge >= 0.3 is 5.97 Å². The van der Waals surface area contributed by atoms with Crippen LogP contribution in [0.2, 0.25) is 0 Å². The molecule has 0 aromatic heterocycles. The molecule has 0 spiro atoms. The normalized spacial score (nSPS) is 21.9. The Morgan fingerprint density at radius 3 is 2.60 bits per heavy atom. The predicted molar refractivity (Wildman–Crippen MR) is 68.7 cm³/mol. The highest BCUT2D eigenvalue weighted by atomic mass is 19.1. The maximum Gasteiger partial charge on any atom is 0.307 e. The Bertz CT molecular complexity index is 502. The molecule has 108 valence electrons. The summed E-state index contributed by atoms with van der Waals surface area (Å²) >= 11 is 0. The minimum atomic E-state index is -0.930. The summed E-state index contributed by atoms with van der Waals surface area (Å²) in [5, 5.41) is 11.4. The van der Waals surface area contributed by atoms with Crippen molar-refractivity contribution in [3.8, 4) is 5.75 Å². The summed E-state index contributed by atoms with van der Waals surface area (Å²) in [5.41, 5.74) is 0. The van der Waals surface area contributed by atoms with E-state index in [1.165, 1.54) is 24.3 Å². The summed E-state index contributed by atoms with van der Waals surface area (Å²) in [4.78, 5) is 22.3. The first-order valence-corrected chi connectivity index (χ1v) is 6.40. The topological polar surface area (TPSA) is 75.6 Å². The third kappa shape index (κ3) is 3.69. The number of hydrogen-bond donors (Lipinski definition) is 2. The van der Waals surface area contributed by atoms with Crippen LogP contribution >= 0.6 is 0 Å². The van der Waals surface area contributed by atoms with Gasteiger partial charge in [-0.2, -0.15) is 0 Å². The zero-order valence-corrected chi connectivity index (χ0v) is 11.0. The van der Waals surface area contributed by atoms with E-state index in [9.17, 15) is 14.0 Å². The van der Waals surface area contributed by atoms with E-state index in [1.54, 1.807) is 6.92 Å². The first-order chi connectivity index (χ1) is 9.47. The summed E-state index contributed by atoms with van der Waals surface area (Å²) in [6.07, 6.45) is 0.111. The van der Waals surface area contributed by atoms with Gasteiger partial charge in [0.2, 0.25) is 5.91 Å². The molecule has 5 nitrogen and oxygen atoms in total. The lowest BCUT2D eigenvalue weighted by atomic mass is 10.3. The average Bonchev–Trinajstić information content (AvgIpc) is 3.19. The van der Waals surface area contributed by atoms with Crippen LogP contribution in [0.15, 0.2) is 24.3 Å². The summed E-state index contributed by atoms with van der Waals surface area (Å²) in [6.45, 7) is 2.05. The highest BCUT2D eigenvalue weighted by Gasteiger charge is 2.48. The van der Waals surface area contributed by atoms with Crippen molar-refractivity contribution in [1.29, 1.82) is 0 Å². The van der Waals surface area contributed by atoms with E-state index in [1.807, 2.05) is 0 Å². The monoisotopic (exact) mass is 281 g/mol. The van der Waals surface area contributed by atoms with Crippen LogP contribution < -0.4 is 10.1 Å². The number of rotatable bonds is 6. The van der Waals surface area contributed by atoms with Crippen LogP contribution in [0, 0.1) is 17.7 Å². The molecule has 0 aliphatic heterocycles. The number of amides is 1. The van der Waals surface area contributed by atoms with Crippen molar-refractivity contribution >= 4 is 11.9 Å². The van der Waals surface area contributed by atoms with Crippen molar-refractivity contribution in [3.05, 3.63) is 30.1 Å². The molecule has 3 atom stereocenters.